The van der Waals surface area contributed by atoms with Crippen molar-refractivity contribution in [2.75, 3.05) is 18.5 Å². The van der Waals surface area contributed by atoms with E-state index in [2.05, 4.69) is 33.1 Å². The second-order valence-corrected chi connectivity index (χ2v) is 6.16. The maximum absolute atomic E-state index is 13.9. The largest absolute Gasteiger partial charge is 0.601 e. The Balaban J connectivity index is 1.84. The first kappa shape index (κ1) is 19.5. The monoisotopic (exact) mass is 411 g/mol. The van der Waals surface area contributed by atoms with Crippen molar-refractivity contribution in [3.63, 3.8) is 0 Å². The second kappa shape index (κ2) is 9.59. The van der Waals surface area contributed by atoms with Gasteiger partial charge >= 0.3 is 0 Å². The van der Waals surface area contributed by atoms with Crippen molar-refractivity contribution in [2.24, 2.45) is 5.10 Å². The van der Waals surface area contributed by atoms with Crippen molar-refractivity contribution in [2.45, 2.75) is 12.7 Å². The van der Waals surface area contributed by atoms with Gasteiger partial charge in [0.1, 0.15) is 0 Å². The molecule has 3 N–H and O–H groups in total. The lowest BCUT2D eigenvalue weighted by molar-refractivity contribution is -0.784. The van der Waals surface area contributed by atoms with Crippen molar-refractivity contribution in [1.29, 1.82) is 0 Å². The Morgan fingerprint density at radius 3 is 2.76 bits per heavy atom. The molecule has 0 radical (unpaired) electrons. The molecule has 0 aromatic heterocycles. The fourth-order valence-electron chi connectivity index (χ4n) is 2.11. The molecule has 0 aliphatic rings. The lowest BCUT2D eigenvalue weighted by Crippen LogP contribution is -2.96. The zero-order valence-corrected chi connectivity index (χ0v) is 15.0. The third-order valence-electron chi connectivity index (χ3n) is 3.38. The normalized spacial score (nSPS) is 13.3. The zero-order chi connectivity index (χ0) is 18.2. The van der Waals surface area contributed by atoms with Crippen molar-refractivity contribution in [3.8, 4) is 0 Å². The Morgan fingerprint density at radius 1 is 1.36 bits per heavy atom. The molecule has 1 unspecified atom stereocenters. The minimum Gasteiger partial charge on any atom is -0.601 e. The van der Waals surface area contributed by atoms with Crippen LogP contribution in [-0.4, -0.2) is 31.1 Å². The van der Waals surface area contributed by atoms with Crippen molar-refractivity contribution >= 4 is 34.0 Å². The first-order valence-corrected chi connectivity index (χ1v) is 8.34. The first-order valence-electron chi connectivity index (χ1n) is 7.55. The number of nitrogens with one attached hydrogen (secondary N) is 2. The van der Waals surface area contributed by atoms with Crippen LogP contribution < -0.4 is 10.5 Å². The van der Waals surface area contributed by atoms with Crippen LogP contribution in [0.4, 0.5) is 15.8 Å². The summed E-state index contributed by atoms with van der Waals surface area (Å²) in [5.41, 5.74) is 1.27. The Bertz CT molecular complexity index is 703. The topological polar surface area (TPSA) is 81.4 Å². The minimum atomic E-state index is -0.769. The lowest BCUT2D eigenvalue weighted by atomic mass is 10.2. The molecule has 2 atom stereocenters. The van der Waals surface area contributed by atoms with Gasteiger partial charge in [-0.2, -0.15) is 0 Å². The fourth-order valence-corrected chi connectivity index (χ4v) is 2.59. The molecular formula is C17H19BrFN3O3. The maximum Gasteiger partial charge on any atom is 0.195 e. The summed E-state index contributed by atoms with van der Waals surface area (Å²) in [4.78, 5) is 0. The van der Waals surface area contributed by atoms with Gasteiger partial charge in [0.15, 0.2) is 11.5 Å². The number of rotatable bonds is 9. The Labute approximate surface area is 153 Å². The molecule has 2 aromatic rings. The van der Waals surface area contributed by atoms with Gasteiger partial charge in [-0.15, -0.1) is 0 Å². The number of halogens is 2. The summed E-state index contributed by atoms with van der Waals surface area (Å²) in [5.74, 6) is -0.710. The molecule has 0 aliphatic heterocycles. The van der Waals surface area contributed by atoms with Gasteiger partial charge in [-0.05, 0) is 21.5 Å². The highest BCUT2D eigenvalue weighted by Gasteiger charge is 2.14. The van der Waals surface area contributed by atoms with E-state index in [1.165, 1.54) is 12.1 Å². The van der Waals surface area contributed by atoms with Crippen LogP contribution in [0, 0.1) is 11.0 Å². The van der Waals surface area contributed by atoms with Gasteiger partial charge in [-0.3, -0.25) is 0 Å². The molecule has 0 saturated heterocycles. The van der Waals surface area contributed by atoms with Gasteiger partial charge in [0.05, 0.1) is 25.0 Å². The summed E-state index contributed by atoms with van der Waals surface area (Å²) in [5, 5.41) is 26.8. The highest BCUT2D eigenvalue weighted by molar-refractivity contribution is 9.10. The number of aliphatic hydroxyl groups excluding tert-OH is 1. The molecule has 0 amide bonds. The number of benzene rings is 2. The maximum atomic E-state index is 13.9. The molecule has 0 bridgehead atoms. The number of hydrogen-bond acceptors (Lipinski definition) is 5. The average Bonchev–Trinajstić information content (AvgIpc) is 2.62. The third-order valence-corrected chi connectivity index (χ3v) is 4.04. The number of hydrogen-bond donors (Lipinski definition) is 3. The van der Waals surface area contributed by atoms with E-state index in [0.29, 0.717) is 16.8 Å². The highest BCUT2D eigenvalue weighted by atomic mass is 79.9. The van der Waals surface area contributed by atoms with E-state index in [4.69, 9.17) is 4.74 Å². The Morgan fingerprint density at radius 2 is 2.08 bits per heavy atom. The van der Waals surface area contributed by atoms with E-state index in [9.17, 15) is 14.7 Å². The van der Waals surface area contributed by atoms with Gasteiger partial charge in [0.2, 0.25) is 0 Å². The van der Waals surface area contributed by atoms with E-state index in [0.717, 1.165) is 5.56 Å². The first-order chi connectivity index (χ1) is 12.0. The summed E-state index contributed by atoms with van der Waals surface area (Å²) < 4.78 is 19.9. The summed E-state index contributed by atoms with van der Waals surface area (Å²) in [7, 11) is 0. The van der Waals surface area contributed by atoms with E-state index >= 15 is 0 Å². The van der Waals surface area contributed by atoms with Crippen LogP contribution in [-0.2, 0) is 11.3 Å². The van der Waals surface area contributed by atoms with Crippen LogP contribution in [0.15, 0.2) is 52.0 Å². The molecule has 0 spiro atoms. The van der Waals surface area contributed by atoms with Crippen LogP contribution in [0.1, 0.15) is 5.56 Å². The van der Waals surface area contributed by atoms with Crippen LogP contribution in [0.5, 0.6) is 0 Å². The standard InChI is InChI=1S/C17H19BrFN3O3/c1-20-22(24)17-7-14(18)16(8-15(17)19)21-9-13(23)11-25-10-12-5-3-2-4-6-12/h2-8,13,21-23H,1,9-11H2/t13-/m1/s1. The van der Waals surface area contributed by atoms with Gasteiger partial charge in [-0.1, -0.05) is 35.4 Å². The molecule has 134 valence electrons. The van der Waals surface area contributed by atoms with E-state index < -0.39 is 17.1 Å². The summed E-state index contributed by atoms with van der Waals surface area (Å²) in [6.45, 7) is 3.80. The van der Waals surface area contributed by atoms with E-state index in [1.54, 1.807) is 0 Å². The second-order valence-electron chi connectivity index (χ2n) is 5.31. The van der Waals surface area contributed by atoms with Crippen molar-refractivity contribution in [3.05, 3.63) is 63.5 Å². The van der Waals surface area contributed by atoms with Gasteiger partial charge in [0, 0.05) is 29.9 Å². The minimum absolute atomic E-state index is 0.138. The number of anilines is 1. The van der Waals surface area contributed by atoms with Crippen LogP contribution in [0.2, 0.25) is 0 Å². The molecule has 0 aliphatic carbocycles. The van der Waals surface area contributed by atoms with E-state index in [1.807, 2.05) is 30.3 Å². The summed E-state index contributed by atoms with van der Waals surface area (Å²) in [6, 6.07) is 12.1. The molecule has 2 aromatic carbocycles. The van der Waals surface area contributed by atoms with Crippen LogP contribution in [0.3, 0.4) is 0 Å². The SMILES string of the molecule is C=N[NH+]([O-])c1cc(Br)c(NC[C@@H](O)COCc2ccccc2)cc1F. The fraction of sp³-hybridized carbons (Fsp3) is 0.235. The summed E-state index contributed by atoms with van der Waals surface area (Å²) >= 11 is 3.26. The number of ether oxygens (including phenoxy) is 1. The molecular weight excluding hydrogens is 393 g/mol. The van der Waals surface area contributed by atoms with Crippen LogP contribution in [0.25, 0.3) is 0 Å². The smallest absolute Gasteiger partial charge is 0.195 e. The predicted octanol–water partition coefficient (Wildman–Crippen LogP) is 2.21. The number of quaternary nitrogens is 1. The Hall–Kier alpha value is -1.84. The molecule has 6 nitrogen and oxygen atoms in total. The molecule has 0 fully saturated rings. The summed E-state index contributed by atoms with van der Waals surface area (Å²) in [6.07, 6.45) is -0.769. The molecule has 8 heteroatoms. The molecule has 2 rings (SSSR count). The number of nitrogens with zero attached hydrogens (tertiary/aromatic N) is 1. The van der Waals surface area contributed by atoms with Crippen molar-refractivity contribution < 1.29 is 19.4 Å². The van der Waals surface area contributed by atoms with Crippen LogP contribution >= 0.6 is 15.9 Å². The van der Waals surface area contributed by atoms with Gasteiger partial charge in [-0.25, -0.2) is 9.56 Å². The zero-order valence-electron chi connectivity index (χ0n) is 13.4. The van der Waals surface area contributed by atoms with E-state index in [-0.39, 0.29) is 18.8 Å². The Kier molecular flexibility index (Phi) is 7.48. The highest BCUT2D eigenvalue weighted by Crippen LogP contribution is 2.27. The van der Waals surface area contributed by atoms with Crippen molar-refractivity contribution in [1.82, 2.24) is 0 Å². The molecule has 0 saturated carbocycles. The average molecular weight is 412 g/mol. The molecule has 0 heterocycles. The quantitative estimate of drug-likeness (QED) is 0.436. The van der Waals surface area contributed by atoms with Gasteiger partial charge < -0.3 is 20.4 Å². The number of aliphatic hydroxyl groups is 1. The molecule has 25 heavy (non-hydrogen) atoms. The third kappa shape index (κ3) is 5.87. The lowest BCUT2D eigenvalue weighted by Gasteiger charge is -2.17. The predicted molar refractivity (Wildman–Crippen MR) is 98.2 cm³/mol. The van der Waals surface area contributed by atoms with Gasteiger partial charge in [0.25, 0.3) is 0 Å².